The van der Waals surface area contributed by atoms with Gasteiger partial charge in [-0.15, -0.1) is 0 Å². The highest BCUT2D eigenvalue weighted by Gasteiger charge is 2.29. The van der Waals surface area contributed by atoms with Gasteiger partial charge in [-0.1, -0.05) is 0 Å². The topological polar surface area (TPSA) is 84.9 Å². The zero-order chi connectivity index (χ0) is 15.5. The number of hydrogen-bond acceptors (Lipinski definition) is 5. The van der Waals surface area contributed by atoms with Crippen LogP contribution < -0.4 is 14.4 Å². The predicted octanol–water partition coefficient (Wildman–Crippen LogP) is 0.820. The second kappa shape index (κ2) is 6.31. The number of nitrogens with zero attached hydrogens (tertiary/aromatic N) is 1. The summed E-state index contributed by atoms with van der Waals surface area (Å²) in [6, 6.07) is 4.88. The van der Waals surface area contributed by atoms with Crippen molar-refractivity contribution in [2.75, 3.05) is 42.7 Å². The fraction of sp³-hybridized carbons (Fsp3) is 0.462. The second-order valence-electron chi connectivity index (χ2n) is 4.61. The Morgan fingerprint density at radius 1 is 1.38 bits per heavy atom. The lowest BCUT2D eigenvalue weighted by molar-refractivity contribution is -0.119. The van der Waals surface area contributed by atoms with Crippen LogP contribution in [-0.2, 0) is 19.6 Å². The Balaban J connectivity index is 2.31. The molecule has 0 aliphatic carbocycles. The Labute approximate surface area is 123 Å². The van der Waals surface area contributed by atoms with Gasteiger partial charge in [0.15, 0.2) is 0 Å². The SMILES string of the molecule is COCC(=O)Nc1cc(N2CCCS2(=O)=O)ccc1OC. The van der Waals surface area contributed by atoms with Crippen molar-refractivity contribution in [3.8, 4) is 5.75 Å². The van der Waals surface area contributed by atoms with Crippen molar-refractivity contribution in [3.05, 3.63) is 18.2 Å². The van der Waals surface area contributed by atoms with Crippen LogP contribution >= 0.6 is 0 Å². The first-order valence-electron chi connectivity index (χ1n) is 6.45. The van der Waals surface area contributed by atoms with Crippen LogP contribution in [0.4, 0.5) is 11.4 Å². The number of rotatable bonds is 5. The quantitative estimate of drug-likeness (QED) is 0.870. The molecule has 1 aliphatic heterocycles. The van der Waals surface area contributed by atoms with E-state index in [0.29, 0.717) is 30.1 Å². The number of methoxy groups -OCH3 is 2. The average molecular weight is 314 g/mol. The molecule has 116 valence electrons. The number of ether oxygens (including phenoxy) is 2. The van der Waals surface area contributed by atoms with Crippen molar-refractivity contribution in [3.63, 3.8) is 0 Å². The smallest absolute Gasteiger partial charge is 0.250 e. The van der Waals surface area contributed by atoms with Crippen LogP contribution in [0.15, 0.2) is 18.2 Å². The lowest BCUT2D eigenvalue weighted by atomic mass is 10.2. The molecule has 1 saturated heterocycles. The zero-order valence-electron chi connectivity index (χ0n) is 12.0. The standard InChI is InChI=1S/C13H18N2O5S/c1-19-9-13(16)14-11-8-10(4-5-12(11)20-2)15-6-3-7-21(15,17)18/h4-5,8H,3,6-7,9H2,1-2H3,(H,14,16). The summed E-state index contributed by atoms with van der Waals surface area (Å²) in [6.45, 7) is 0.357. The highest BCUT2D eigenvalue weighted by atomic mass is 32.2. The summed E-state index contributed by atoms with van der Waals surface area (Å²) in [4.78, 5) is 11.6. The van der Waals surface area contributed by atoms with Crippen molar-refractivity contribution in [1.82, 2.24) is 0 Å². The molecule has 0 unspecified atom stereocenters. The Morgan fingerprint density at radius 2 is 2.14 bits per heavy atom. The molecule has 1 fully saturated rings. The second-order valence-corrected chi connectivity index (χ2v) is 6.62. The minimum Gasteiger partial charge on any atom is -0.495 e. The van der Waals surface area contributed by atoms with Crippen molar-refractivity contribution >= 4 is 27.3 Å². The van der Waals surface area contributed by atoms with Gasteiger partial charge in [-0.3, -0.25) is 9.10 Å². The first kappa shape index (κ1) is 15.6. The van der Waals surface area contributed by atoms with Crippen LogP contribution in [0.3, 0.4) is 0 Å². The number of anilines is 2. The Morgan fingerprint density at radius 3 is 2.71 bits per heavy atom. The van der Waals surface area contributed by atoms with E-state index in [9.17, 15) is 13.2 Å². The Bertz CT molecular complexity index is 629. The summed E-state index contributed by atoms with van der Waals surface area (Å²) in [5, 5.41) is 2.64. The maximum absolute atomic E-state index is 11.9. The largest absolute Gasteiger partial charge is 0.495 e. The molecule has 0 radical (unpaired) electrons. The van der Waals surface area contributed by atoms with Crippen molar-refractivity contribution in [2.45, 2.75) is 6.42 Å². The number of nitrogens with one attached hydrogen (secondary N) is 1. The highest BCUT2D eigenvalue weighted by Crippen LogP contribution is 2.32. The van der Waals surface area contributed by atoms with Gasteiger partial charge in [-0.2, -0.15) is 0 Å². The fourth-order valence-electron chi connectivity index (χ4n) is 2.20. The zero-order valence-corrected chi connectivity index (χ0v) is 12.8. The molecule has 1 aromatic carbocycles. The molecule has 0 saturated carbocycles. The molecule has 1 aliphatic rings. The molecule has 8 heteroatoms. The summed E-state index contributed by atoms with van der Waals surface area (Å²) < 4.78 is 35.1. The molecule has 1 amide bonds. The van der Waals surface area contributed by atoms with Gasteiger partial charge in [0.1, 0.15) is 12.4 Å². The van der Waals surface area contributed by atoms with Crippen LogP contribution in [0.1, 0.15) is 6.42 Å². The first-order valence-corrected chi connectivity index (χ1v) is 8.06. The van der Waals surface area contributed by atoms with E-state index in [-0.39, 0.29) is 18.3 Å². The number of hydrogen-bond donors (Lipinski definition) is 1. The number of amides is 1. The molecule has 7 nitrogen and oxygen atoms in total. The van der Waals surface area contributed by atoms with Gasteiger partial charge in [0, 0.05) is 13.7 Å². The van der Waals surface area contributed by atoms with E-state index in [2.05, 4.69) is 5.32 Å². The van der Waals surface area contributed by atoms with Crippen LogP contribution in [0.5, 0.6) is 5.75 Å². The molecular weight excluding hydrogens is 296 g/mol. The maximum Gasteiger partial charge on any atom is 0.250 e. The van der Waals surface area contributed by atoms with Gasteiger partial charge in [-0.05, 0) is 24.6 Å². The highest BCUT2D eigenvalue weighted by molar-refractivity contribution is 7.93. The normalized spacial score (nSPS) is 16.8. The van der Waals surface area contributed by atoms with Gasteiger partial charge in [0.25, 0.3) is 0 Å². The summed E-state index contributed by atoms with van der Waals surface area (Å²) in [7, 11) is -0.360. The monoisotopic (exact) mass is 314 g/mol. The molecule has 1 N–H and O–H groups in total. The molecule has 1 heterocycles. The summed E-state index contributed by atoms with van der Waals surface area (Å²) in [5.41, 5.74) is 0.931. The summed E-state index contributed by atoms with van der Waals surface area (Å²) in [6.07, 6.45) is 0.597. The van der Waals surface area contributed by atoms with Gasteiger partial charge in [0.2, 0.25) is 15.9 Å². The van der Waals surface area contributed by atoms with E-state index in [1.165, 1.54) is 18.5 Å². The molecule has 2 rings (SSSR count). The third-order valence-electron chi connectivity index (χ3n) is 3.12. The Hall–Kier alpha value is -1.80. The van der Waals surface area contributed by atoms with E-state index < -0.39 is 10.0 Å². The van der Waals surface area contributed by atoms with E-state index in [1.54, 1.807) is 18.2 Å². The molecule has 21 heavy (non-hydrogen) atoms. The van der Waals surface area contributed by atoms with Crippen molar-refractivity contribution in [1.29, 1.82) is 0 Å². The molecule has 0 aromatic heterocycles. The molecule has 0 bridgehead atoms. The lowest BCUT2D eigenvalue weighted by Crippen LogP contribution is -2.25. The predicted molar refractivity (Wildman–Crippen MR) is 79.2 cm³/mol. The van der Waals surface area contributed by atoms with E-state index in [4.69, 9.17) is 9.47 Å². The van der Waals surface area contributed by atoms with Crippen LogP contribution in [0.25, 0.3) is 0 Å². The van der Waals surface area contributed by atoms with E-state index >= 15 is 0 Å². The lowest BCUT2D eigenvalue weighted by Gasteiger charge is -2.19. The third-order valence-corrected chi connectivity index (χ3v) is 4.99. The molecule has 0 spiro atoms. The maximum atomic E-state index is 11.9. The van der Waals surface area contributed by atoms with Gasteiger partial charge < -0.3 is 14.8 Å². The molecular formula is C13H18N2O5S. The number of carbonyl (C=O) groups excluding carboxylic acids is 1. The van der Waals surface area contributed by atoms with Crippen LogP contribution in [-0.4, -0.2) is 47.4 Å². The fourth-order valence-corrected chi connectivity index (χ4v) is 3.75. The van der Waals surface area contributed by atoms with E-state index in [0.717, 1.165) is 0 Å². The average Bonchev–Trinajstić information content (AvgIpc) is 2.78. The van der Waals surface area contributed by atoms with Gasteiger partial charge in [0.05, 0.1) is 24.2 Å². The van der Waals surface area contributed by atoms with Crippen LogP contribution in [0, 0.1) is 0 Å². The third kappa shape index (κ3) is 3.45. The summed E-state index contributed by atoms with van der Waals surface area (Å²) >= 11 is 0. The minimum atomic E-state index is -3.26. The molecule has 0 atom stereocenters. The van der Waals surface area contributed by atoms with Crippen LogP contribution in [0.2, 0.25) is 0 Å². The van der Waals surface area contributed by atoms with Gasteiger partial charge >= 0.3 is 0 Å². The molecule has 1 aromatic rings. The number of sulfonamides is 1. The van der Waals surface area contributed by atoms with Gasteiger partial charge in [-0.25, -0.2) is 8.42 Å². The number of benzene rings is 1. The van der Waals surface area contributed by atoms with Crippen molar-refractivity contribution < 1.29 is 22.7 Å². The minimum absolute atomic E-state index is 0.0879. The van der Waals surface area contributed by atoms with E-state index in [1.807, 2.05) is 0 Å². The number of carbonyl (C=O) groups is 1. The Kier molecular flexibility index (Phi) is 4.69. The first-order chi connectivity index (χ1) is 9.97. The summed E-state index contributed by atoms with van der Waals surface area (Å²) in [5.74, 6) is 0.265. The van der Waals surface area contributed by atoms with Crippen molar-refractivity contribution in [2.24, 2.45) is 0 Å².